The Morgan fingerprint density at radius 3 is 1.52 bits per heavy atom. The summed E-state index contributed by atoms with van der Waals surface area (Å²) < 4.78 is 0. The topological polar surface area (TPSA) is 74.8 Å². The number of hydrogen-bond acceptors (Lipinski definition) is 4. The summed E-state index contributed by atoms with van der Waals surface area (Å²) in [5.74, 6) is -4.75. The maximum absolute atomic E-state index is 14.4. The Kier molecular flexibility index (Phi) is 5.15. The second-order valence-corrected chi connectivity index (χ2v) is 11.8. The van der Waals surface area contributed by atoms with Gasteiger partial charge in [-0.2, -0.15) is 0 Å². The number of benzene rings is 3. The molecule has 0 N–H and O–H groups in total. The van der Waals surface area contributed by atoms with Gasteiger partial charge in [-0.05, 0) is 56.5 Å². The zero-order chi connectivity index (χ0) is 28.1. The van der Waals surface area contributed by atoms with Gasteiger partial charge < -0.3 is 0 Å². The molecule has 3 fully saturated rings. The van der Waals surface area contributed by atoms with E-state index >= 15 is 0 Å². The summed E-state index contributed by atoms with van der Waals surface area (Å²) in [5.41, 5.74) is 4.54. The van der Waals surface area contributed by atoms with Gasteiger partial charge in [-0.1, -0.05) is 77.9 Å². The van der Waals surface area contributed by atoms with Crippen molar-refractivity contribution in [1.29, 1.82) is 0 Å². The number of aryl methyl sites for hydroxylation is 4. The van der Waals surface area contributed by atoms with Gasteiger partial charge in [0.1, 0.15) is 0 Å². The molecule has 3 aliphatic carbocycles. The highest BCUT2D eigenvalue weighted by atomic mass is 16.2. The van der Waals surface area contributed by atoms with E-state index in [1.807, 2.05) is 107 Å². The third kappa shape index (κ3) is 2.99. The van der Waals surface area contributed by atoms with E-state index in [1.165, 1.54) is 9.80 Å². The maximum atomic E-state index is 14.4. The number of imide groups is 2. The number of hydrogen-bond donors (Lipinski definition) is 0. The molecular formula is C34H30N2O4. The Labute approximate surface area is 233 Å². The smallest absolute Gasteiger partial charge is 0.238 e. The standard InChI is InChI=1S/C34H30N2O4/c1-18-10-12-24(20(3)16-18)35-30(37)26-23-14-15-34(28(26)32(35)39,22-8-6-5-7-9-22)29-27(23)31(38)36(33(29)40)25-13-11-19(2)17-21(25)4/h5-17,23,26-29H,1-4H3/t23?,26-,27+,28-,29-,34?/m0/s1. The van der Waals surface area contributed by atoms with E-state index in [9.17, 15) is 19.2 Å². The molecule has 2 bridgehead atoms. The number of anilines is 2. The molecule has 2 heterocycles. The van der Waals surface area contributed by atoms with Crippen molar-refractivity contribution >= 4 is 35.0 Å². The fourth-order valence-electron chi connectivity index (χ4n) is 8.07. The molecule has 3 aromatic rings. The van der Waals surface area contributed by atoms with Crippen LogP contribution >= 0.6 is 0 Å². The molecule has 4 amide bonds. The Morgan fingerprint density at radius 1 is 0.600 bits per heavy atom. The van der Waals surface area contributed by atoms with Gasteiger partial charge in [0, 0.05) is 11.3 Å². The molecule has 0 aromatic heterocycles. The number of allylic oxidation sites excluding steroid dienone is 2. The van der Waals surface area contributed by atoms with Crippen LogP contribution in [0.25, 0.3) is 0 Å². The molecule has 8 rings (SSSR count). The van der Waals surface area contributed by atoms with E-state index in [-0.39, 0.29) is 23.6 Å². The summed E-state index contributed by atoms with van der Waals surface area (Å²) in [4.78, 5) is 60.0. The van der Waals surface area contributed by atoms with E-state index in [1.54, 1.807) is 0 Å². The monoisotopic (exact) mass is 530 g/mol. The Morgan fingerprint density at radius 2 is 1.07 bits per heavy atom. The Bertz CT molecular complexity index is 1580. The van der Waals surface area contributed by atoms with Crippen LogP contribution in [-0.4, -0.2) is 23.6 Å². The summed E-state index contributed by atoms with van der Waals surface area (Å²) >= 11 is 0. The zero-order valence-corrected chi connectivity index (χ0v) is 22.9. The number of carbonyl (C=O) groups excluding carboxylic acids is 4. The van der Waals surface area contributed by atoms with Crippen molar-refractivity contribution in [2.45, 2.75) is 33.1 Å². The molecule has 1 saturated carbocycles. The van der Waals surface area contributed by atoms with E-state index < -0.39 is 35.0 Å². The third-order valence-corrected chi connectivity index (χ3v) is 9.62. The molecule has 0 spiro atoms. The summed E-state index contributed by atoms with van der Waals surface area (Å²) in [6.45, 7) is 7.74. The van der Waals surface area contributed by atoms with Crippen LogP contribution in [0.3, 0.4) is 0 Å². The van der Waals surface area contributed by atoms with Crippen LogP contribution in [-0.2, 0) is 24.6 Å². The van der Waals surface area contributed by atoms with E-state index in [0.29, 0.717) is 11.4 Å². The van der Waals surface area contributed by atoms with Gasteiger partial charge in [0.05, 0.1) is 35.0 Å². The number of amides is 4. The number of nitrogens with zero attached hydrogens (tertiary/aromatic N) is 2. The molecule has 200 valence electrons. The molecule has 6 nitrogen and oxygen atoms in total. The molecule has 5 aliphatic rings. The zero-order valence-electron chi connectivity index (χ0n) is 22.9. The van der Waals surface area contributed by atoms with Crippen LogP contribution in [0.4, 0.5) is 11.4 Å². The average Bonchev–Trinajstić information content (AvgIpc) is 3.37. The highest BCUT2D eigenvalue weighted by Gasteiger charge is 2.75. The molecule has 2 unspecified atom stereocenters. The molecule has 6 atom stereocenters. The molecule has 40 heavy (non-hydrogen) atoms. The fraction of sp³-hybridized carbons (Fsp3) is 0.294. The third-order valence-electron chi connectivity index (χ3n) is 9.62. The minimum Gasteiger partial charge on any atom is -0.274 e. The first kappa shape index (κ1) is 24.7. The molecule has 3 aromatic carbocycles. The van der Waals surface area contributed by atoms with Gasteiger partial charge in [-0.3, -0.25) is 19.2 Å². The summed E-state index contributed by atoms with van der Waals surface area (Å²) in [6, 6.07) is 20.8. The van der Waals surface area contributed by atoms with Gasteiger partial charge in [0.15, 0.2) is 0 Å². The van der Waals surface area contributed by atoms with E-state index in [0.717, 1.165) is 27.8 Å². The van der Waals surface area contributed by atoms with Crippen LogP contribution in [0.2, 0.25) is 0 Å². The predicted octanol–water partition coefficient (Wildman–Crippen LogP) is 4.97. The van der Waals surface area contributed by atoms with Crippen LogP contribution in [0, 0.1) is 57.3 Å². The number of rotatable bonds is 3. The highest BCUT2D eigenvalue weighted by molar-refractivity contribution is 6.27. The molecule has 6 heteroatoms. The average molecular weight is 531 g/mol. The first-order valence-corrected chi connectivity index (χ1v) is 13.8. The lowest BCUT2D eigenvalue weighted by atomic mass is 9.45. The first-order chi connectivity index (χ1) is 19.2. The largest absolute Gasteiger partial charge is 0.274 e. The summed E-state index contributed by atoms with van der Waals surface area (Å²) in [7, 11) is 0. The quantitative estimate of drug-likeness (QED) is 0.354. The molecule has 2 aliphatic heterocycles. The van der Waals surface area contributed by atoms with Crippen molar-refractivity contribution in [1.82, 2.24) is 0 Å². The van der Waals surface area contributed by atoms with Crippen molar-refractivity contribution < 1.29 is 19.2 Å². The second-order valence-electron chi connectivity index (χ2n) is 11.8. The summed E-state index contributed by atoms with van der Waals surface area (Å²) in [5, 5.41) is 0. The first-order valence-electron chi connectivity index (χ1n) is 13.8. The Hall–Kier alpha value is -4.32. The van der Waals surface area contributed by atoms with Crippen molar-refractivity contribution in [3.63, 3.8) is 0 Å². The highest BCUT2D eigenvalue weighted by Crippen LogP contribution is 2.65. The molecule has 2 saturated heterocycles. The van der Waals surface area contributed by atoms with Crippen molar-refractivity contribution in [3.8, 4) is 0 Å². The van der Waals surface area contributed by atoms with Gasteiger partial charge in [-0.15, -0.1) is 0 Å². The second kappa shape index (κ2) is 8.34. The molecule has 0 radical (unpaired) electrons. The van der Waals surface area contributed by atoms with E-state index in [4.69, 9.17) is 0 Å². The van der Waals surface area contributed by atoms with Crippen LogP contribution in [0.5, 0.6) is 0 Å². The van der Waals surface area contributed by atoms with Crippen LogP contribution in [0.1, 0.15) is 27.8 Å². The minimum atomic E-state index is -1.12. The lowest BCUT2D eigenvalue weighted by Crippen LogP contribution is -2.60. The van der Waals surface area contributed by atoms with Crippen molar-refractivity contribution in [2.75, 3.05) is 9.80 Å². The lowest BCUT2D eigenvalue weighted by molar-refractivity contribution is -0.140. The van der Waals surface area contributed by atoms with Gasteiger partial charge >= 0.3 is 0 Å². The van der Waals surface area contributed by atoms with Crippen molar-refractivity contribution in [3.05, 3.63) is 107 Å². The normalized spacial score (nSPS) is 30.4. The molecular weight excluding hydrogens is 500 g/mol. The number of carbonyl (C=O) groups is 4. The van der Waals surface area contributed by atoms with Crippen LogP contribution < -0.4 is 9.80 Å². The van der Waals surface area contributed by atoms with Gasteiger partial charge in [-0.25, -0.2) is 9.80 Å². The SMILES string of the molecule is Cc1ccc(N2C(=O)[C@@H]3C4C=CC(c5ccccc5)([C@@H]3C2=O)[C@@H]2C(=O)N(c3ccc(C)cc3C)C(=O)[C@@H]42)c(C)c1. The predicted molar refractivity (Wildman–Crippen MR) is 152 cm³/mol. The van der Waals surface area contributed by atoms with Gasteiger partial charge in [0.25, 0.3) is 0 Å². The van der Waals surface area contributed by atoms with Crippen LogP contribution in [0.15, 0.2) is 78.9 Å². The van der Waals surface area contributed by atoms with Crippen molar-refractivity contribution in [2.24, 2.45) is 29.6 Å². The fourth-order valence-corrected chi connectivity index (χ4v) is 8.07. The van der Waals surface area contributed by atoms with E-state index in [2.05, 4.69) is 0 Å². The minimum absolute atomic E-state index is 0.291. The maximum Gasteiger partial charge on any atom is 0.238 e. The summed E-state index contributed by atoms with van der Waals surface area (Å²) in [6.07, 6.45) is 3.89. The Balaban J connectivity index is 1.43. The lowest BCUT2D eigenvalue weighted by Gasteiger charge is -2.53. The van der Waals surface area contributed by atoms with Gasteiger partial charge in [0.2, 0.25) is 23.6 Å².